The van der Waals surface area contributed by atoms with Gasteiger partial charge in [-0.1, -0.05) is 18.2 Å². The Kier molecular flexibility index (Phi) is 1.38. The first-order chi connectivity index (χ1) is 5.29. The summed E-state index contributed by atoms with van der Waals surface area (Å²) in [5, 5.41) is 3.47. The monoisotopic (exact) mass is 147 g/mol. The van der Waals surface area contributed by atoms with E-state index in [-0.39, 0.29) is 0 Å². The summed E-state index contributed by atoms with van der Waals surface area (Å²) in [4.78, 5) is 0. The zero-order valence-corrected chi connectivity index (χ0v) is 7.02. The molecule has 1 atom stereocenters. The maximum absolute atomic E-state index is 3.47. The number of hydrogen-bond acceptors (Lipinski definition) is 1. The summed E-state index contributed by atoms with van der Waals surface area (Å²) in [5.41, 5.74) is 4.24. The highest BCUT2D eigenvalue weighted by molar-refractivity contribution is 5.46. The van der Waals surface area contributed by atoms with Crippen LogP contribution in [0.1, 0.15) is 20.3 Å². The highest BCUT2D eigenvalue weighted by atomic mass is 15.0. The first-order valence-electron chi connectivity index (χ1n) is 4.10. The molecule has 11 heavy (non-hydrogen) atoms. The molecule has 1 heteroatoms. The molecule has 2 rings (SSSR count). The Hall–Kier alpha value is -0.980. The molecule has 0 saturated carbocycles. The molecule has 0 bridgehead atoms. The summed E-state index contributed by atoms with van der Waals surface area (Å²) < 4.78 is 0. The van der Waals surface area contributed by atoms with Crippen molar-refractivity contribution in [3.05, 3.63) is 35.1 Å². The Labute approximate surface area is 67.5 Å². The minimum absolute atomic E-state index is 0.569. The van der Waals surface area contributed by atoms with Crippen molar-refractivity contribution in [2.45, 2.75) is 26.3 Å². The third-order valence-electron chi connectivity index (χ3n) is 2.55. The van der Waals surface area contributed by atoms with Crippen LogP contribution in [-0.2, 0) is 0 Å². The lowest BCUT2D eigenvalue weighted by atomic mass is 9.97. The molecule has 2 aliphatic rings. The van der Waals surface area contributed by atoms with Gasteiger partial charge in [0, 0.05) is 5.70 Å². The van der Waals surface area contributed by atoms with Gasteiger partial charge in [-0.15, -0.1) is 0 Å². The smallest absolute Gasteiger partial charge is 0.0548 e. The summed E-state index contributed by atoms with van der Waals surface area (Å²) in [6.45, 7) is 4.34. The number of nitrogens with one attached hydrogen (secondary N) is 1. The number of allylic oxidation sites excluding steroid dienone is 3. The van der Waals surface area contributed by atoms with Crippen molar-refractivity contribution in [3.63, 3.8) is 0 Å². The lowest BCUT2D eigenvalue weighted by molar-refractivity contribution is 0.685. The third-order valence-corrected chi connectivity index (χ3v) is 2.55. The predicted octanol–water partition coefficient (Wildman–Crippen LogP) is 2.14. The fraction of sp³-hybridized carbons (Fsp3) is 0.400. The van der Waals surface area contributed by atoms with Gasteiger partial charge in [-0.25, -0.2) is 0 Å². The van der Waals surface area contributed by atoms with Crippen molar-refractivity contribution in [1.29, 1.82) is 0 Å². The molecular formula is C10H13N. The highest BCUT2D eigenvalue weighted by Crippen LogP contribution is 2.28. The Morgan fingerprint density at radius 1 is 1.45 bits per heavy atom. The topological polar surface area (TPSA) is 12.0 Å². The maximum Gasteiger partial charge on any atom is 0.0548 e. The van der Waals surface area contributed by atoms with Gasteiger partial charge >= 0.3 is 0 Å². The SMILES string of the molecule is CC1=C(C)C2=CC=CCC2N1. The molecule has 1 heterocycles. The molecule has 1 aliphatic carbocycles. The average Bonchev–Trinajstić information content (AvgIpc) is 2.30. The van der Waals surface area contributed by atoms with Gasteiger partial charge in [0.25, 0.3) is 0 Å². The lowest BCUT2D eigenvalue weighted by Crippen LogP contribution is -2.23. The van der Waals surface area contributed by atoms with Crippen molar-refractivity contribution in [1.82, 2.24) is 5.32 Å². The molecule has 1 N–H and O–H groups in total. The molecule has 0 radical (unpaired) electrons. The van der Waals surface area contributed by atoms with E-state index in [0.717, 1.165) is 6.42 Å². The molecule has 0 amide bonds. The van der Waals surface area contributed by atoms with Gasteiger partial charge in [0.1, 0.15) is 0 Å². The van der Waals surface area contributed by atoms with Crippen LogP contribution in [0.15, 0.2) is 35.1 Å². The van der Waals surface area contributed by atoms with Gasteiger partial charge < -0.3 is 5.32 Å². The average molecular weight is 147 g/mol. The largest absolute Gasteiger partial charge is 0.381 e. The predicted molar refractivity (Wildman–Crippen MR) is 47.1 cm³/mol. The van der Waals surface area contributed by atoms with Crippen LogP contribution in [0.3, 0.4) is 0 Å². The Morgan fingerprint density at radius 2 is 2.27 bits per heavy atom. The van der Waals surface area contributed by atoms with Gasteiger partial charge in [0.2, 0.25) is 0 Å². The van der Waals surface area contributed by atoms with Gasteiger partial charge in [-0.3, -0.25) is 0 Å². The molecule has 1 unspecified atom stereocenters. The fourth-order valence-corrected chi connectivity index (χ4v) is 1.74. The van der Waals surface area contributed by atoms with Crippen molar-refractivity contribution in [3.8, 4) is 0 Å². The van der Waals surface area contributed by atoms with E-state index in [1.807, 2.05) is 0 Å². The Balaban J connectivity index is 2.39. The van der Waals surface area contributed by atoms with Crippen LogP contribution in [0.2, 0.25) is 0 Å². The molecular weight excluding hydrogens is 134 g/mol. The van der Waals surface area contributed by atoms with Gasteiger partial charge in [0.05, 0.1) is 6.04 Å². The maximum atomic E-state index is 3.47. The molecule has 1 aliphatic heterocycles. The van der Waals surface area contributed by atoms with E-state index >= 15 is 0 Å². The quantitative estimate of drug-likeness (QED) is 0.553. The highest BCUT2D eigenvalue weighted by Gasteiger charge is 2.23. The van der Waals surface area contributed by atoms with Crippen LogP contribution in [0, 0.1) is 0 Å². The summed E-state index contributed by atoms with van der Waals surface area (Å²) in [6.07, 6.45) is 7.72. The molecule has 0 fully saturated rings. The molecule has 1 nitrogen and oxygen atoms in total. The van der Waals surface area contributed by atoms with Crippen LogP contribution < -0.4 is 5.32 Å². The molecule has 0 aromatic heterocycles. The molecule has 0 saturated heterocycles. The third kappa shape index (κ3) is 0.917. The number of rotatable bonds is 0. The zero-order valence-electron chi connectivity index (χ0n) is 7.02. The van der Waals surface area contributed by atoms with E-state index in [1.54, 1.807) is 0 Å². The second kappa shape index (κ2) is 2.26. The van der Waals surface area contributed by atoms with E-state index in [2.05, 4.69) is 37.4 Å². The van der Waals surface area contributed by atoms with Crippen LogP contribution >= 0.6 is 0 Å². The van der Waals surface area contributed by atoms with Gasteiger partial charge in [-0.2, -0.15) is 0 Å². The van der Waals surface area contributed by atoms with E-state index in [0.29, 0.717) is 6.04 Å². The molecule has 0 aromatic rings. The second-order valence-corrected chi connectivity index (χ2v) is 3.23. The van der Waals surface area contributed by atoms with E-state index in [4.69, 9.17) is 0 Å². The van der Waals surface area contributed by atoms with Gasteiger partial charge in [0.15, 0.2) is 0 Å². The van der Waals surface area contributed by atoms with Gasteiger partial charge in [-0.05, 0) is 31.4 Å². The van der Waals surface area contributed by atoms with Crippen molar-refractivity contribution < 1.29 is 0 Å². The Morgan fingerprint density at radius 3 is 3.00 bits per heavy atom. The van der Waals surface area contributed by atoms with Crippen LogP contribution in [0.25, 0.3) is 0 Å². The Bertz CT molecular complexity index is 269. The van der Waals surface area contributed by atoms with E-state index < -0.39 is 0 Å². The lowest BCUT2D eigenvalue weighted by Gasteiger charge is -2.14. The molecule has 0 spiro atoms. The molecule has 58 valence electrons. The van der Waals surface area contributed by atoms with Crippen LogP contribution in [0.4, 0.5) is 0 Å². The summed E-state index contributed by atoms with van der Waals surface area (Å²) in [6, 6.07) is 0.569. The van der Waals surface area contributed by atoms with Crippen molar-refractivity contribution in [2.75, 3.05) is 0 Å². The zero-order chi connectivity index (χ0) is 7.84. The first-order valence-corrected chi connectivity index (χ1v) is 4.10. The summed E-state index contributed by atoms with van der Waals surface area (Å²) in [7, 11) is 0. The van der Waals surface area contributed by atoms with Crippen molar-refractivity contribution in [2.24, 2.45) is 0 Å². The number of hydrogen-bond donors (Lipinski definition) is 1. The fourth-order valence-electron chi connectivity index (χ4n) is 1.74. The minimum atomic E-state index is 0.569. The normalized spacial score (nSPS) is 28.2. The second-order valence-electron chi connectivity index (χ2n) is 3.23. The standard InChI is InChI=1S/C10H13N/c1-7-8(2)11-10-6-4-3-5-9(7)10/h3-5,10-11H,6H2,1-2H3. The minimum Gasteiger partial charge on any atom is -0.381 e. The van der Waals surface area contributed by atoms with Crippen molar-refractivity contribution >= 4 is 0 Å². The first kappa shape index (κ1) is 6.71. The molecule has 0 aromatic carbocycles. The van der Waals surface area contributed by atoms with E-state index in [1.165, 1.54) is 16.8 Å². The summed E-state index contributed by atoms with van der Waals surface area (Å²) in [5.74, 6) is 0. The van der Waals surface area contributed by atoms with Crippen LogP contribution in [-0.4, -0.2) is 6.04 Å². The summed E-state index contributed by atoms with van der Waals surface area (Å²) >= 11 is 0. The number of fused-ring (bicyclic) bond motifs is 1. The van der Waals surface area contributed by atoms with E-state index in [9.17, 15) is 0 Å². The van der Waals surface area contributed by atoms with Crippen LogP contribution in [0.5, 0.6) is 0 Å².